The van der Waals surface area contributed by atoms with Gasteiger partial charge in [0.25, 0.3) is 0 Å². The van der Waals surface area contributed by atoms with Gasteiger partial charge in [-0.1, -0.05) is 0 Å². The van der Waals surface area contributed by atoms with Gasteiger partial charge in [0.1, 0.15) is 11.6 Å². The molecule has 1 aromatic carbocycles. The van der Waals surface area contributed by atoms with Crippen molar-refractivity contribution in [2.24, 2.45) is 5.92 Å². The maximum Gasteiger partial charge on any atom is 0.223 e. The zero-order valence-corrected chi connectivity index (χ0v) is 18.0. The Balaban J connectivity index is 0.00000210. The number of halogens is 4. The molecular weight excluding hydrogens is 423 g/mol. The Hall–Kier alpha value is -1.70. The van der Waals surface area contributed by atoms with Crippen LogP contribution in [0.5, 0.6) is 0 Å². The summed E-state index contributed by atoms with van der Waals surface area (Å²) in [5.41, 5.74) is 0.158. The molecule has 2 aromatic rings. The molecule has 0 atom stereocenters. The molecule has 1 aliphatic heterocycles. The van der Waals surface area contributed by atoms with Gasteiger partial charge in [0, 0.05) is 32.0 Å². The second-order valence-corrected chi connectivity index (χ2v) is 6.96. The highest BCUT2D eigenvalue weighted by Crippen LogP contribution is 2.25. The molecule has 1 saturated heterocycles. The summed E-state index contributed by atoms with van der Waals surface area (Å²) in [5, 5.41) is 3.17. The highest BCUT2D eigenvalue weighted by atomic mass is 35.5. The van der Waals surface area contributed by atoms with Gasteiger partial charge in [-0.05, 0) is 50.9 Å². The number of likely N-dealkylation sites (tertiary alicyclic amines) is 1. The second kappa shape index (κ2) is 12.1. The molecule has 1 aromatic heterocycles. The highest BCUT2D eigenvalue weighted by Gasteiger charge is 2.22. The lowest BCUT2D eigenvalue weighted by atomic mass is 9.93. The molecule has 0 saturated carbocycles. The van der Waals surface area contributed by atoms with E-state index in [0.717, 1.165) is 45.0 Å². The van der Waals surface area contributed by atoms with Crippen molar-refractivity contribution in [3.05, 3.63) is 41.9 Å². The minimum absolute atomic E-state index is 0. The zero-order valence-electron chi connectivity index (χ0n) is 16.3. The number of rotatable bonds is 7. The Kier molecular flexibility index (Phi) is 10.6. The summed E-state index contributed by atoms with van der Waals surface area (Å²) in [7, 11) is 1.96. The van der Waals surface area contributed by atoms with Gasteiger partial charge in [0.2, 0.25) is 5.91 Å². The number of carbonyl (C=O) groups excluding carboxylic acids is 1. The van der Waals surface area contributed by atoms with Crippen LogP contribution in [0.25, 0.3) is 11.3 Å². The Morgan fingerprint density at radius 3 is 2.66 bits per heavy atom. The number of oxazole rings is 1. The van der Waals surface area contributed by atoms with Gasteiger partial charge in [-0.2, -0.15) is 0 Å². The summed E-state index contributed by atoms with van der Waals surface area (Å²) >= 11 is 0. The normalized spacial score (nSPS) is 14.2. The predicted molar refractivity (Wildman–Crippen MR) is 113 cm³/mol. The number of benzene rings is 1. The van der Waals surface area contributed by atoms with Gasteiger partial charge < -0.3 is 14.6 Å². The summed E-state index contributed by atoms with van der Waals surface area (Å²) in [6.07, 6.45) is 5.32. The highest BCUT2D eigenvalue weighted by molar-refractivity contribution is 5.85. The Morgan fingerprint density at radius 1 is 1.28 bits per heavy atom. The van der Waals surface area contributed by atoms with E-state index in [1.54, 1.807) is 0 Å². The standard InChI is InChI=1S/C20H25F2N3O2.2ClH/c1-23-9-6-14-7-10-25(11-8-14)20(26)5-4-19-24-13-18(27-19)16-3-2-15(21)12-17(16)22;;/h2-3,12-14,23H,4-11H2,1H3;2*1H. The number of hydrogen-bond donors (Lipinski definition) is 1. The molecule has 1 amide bonds. The lowest BCUT2D eigenvalue weighted by molar-refractivity contribution is -0.132. The van der Waals surface area contributed by atoms with Crippen LogP contribution in [0.2, 0.25) is 0 Å². The van der Waals surface area contributed by atoms with Crippen LogP contribution in [0, 0.1) is 17.6 Å². The lowest BCUT2D eigenvalue weighted by Crippen LogP contribution is -2.39. The van der Waals surface area contributed by atoms with E-state index in [1.807, 2.05) is 11.9 Å². The van der Waals surface area contributed by atoms with Crippen molar-refractivity contribution in [2.45, 2.75) is 32.1 Å². The van der Waals surface area contributed by atoms with E-state index >= 15 is 0 Å². The molecule has 0 radical (unpaired) electrons. The largest absolute Gasteiger partial charge is 0.441 e. The lowest BCUT2D eigenvalue weighted by Gasteiger charge is -2.32. The summed E-state index contributed by atoms with van der Waals surface area (Å²) in [5.74, 6) is 0.0497. The fourth-order valence-electron chi connectivity index (χ4n) is 3.43. The van der Waals surface area contributed by atoms with E-state index in [2.05, 4.69) is 10.3 Å². The molecule has 0 spiro atoms. The van der Waals surface area contributed by atoms with Crippen LogP contribution in [0.1, 0.15) is 31.6 Å². The molecular formula is C20H27Cl2F2N3O2. The van der Waals surface area contributed by atoms with Gasteiger partial charge in [-0.3, -0.25) is 4.79 Å². The van der Waals surface area contributed by atoms with E-state index in [0.29, 0.717) is 24.7 Å². The quantitative estimate of drug-likeness (QED) is 0.686. The molecule has 29 heavy (non-hydrogen) atoms. The van der Waals surface area contributed by atoms with Crippen LogP contribution in [0.3, 0.4) is 0 Å². The fraction of sp³-hybridized carbons (Fsp3) is 0.500. The van der Waals surface area contributed by atoms with Crippen LogP contribution in [0.15, 0.2) is 28.8 Å². The first-order chi connectivity index (χ1) is 13.1. The predicted octanol–water partition coefficient (Wildman–Crippen LogP) is 4.24. The number of nitrogens with one attached hydrogen (secondary N) is 1. The van der Waals surface area contributed by atoms with Gasteiger partial charge in [-0.15, -0.1) is 24.8 Å². The minimum Gasteiger partial charge on any atom is -0.441 e. The summed E-state index contributed by atoms with van der Waals surface area (Å²) in [6.45, 7) is 2.61. The van der Waals surface area contributed by atoms with Gasteiger partial charge >= 0.3 is 0 Å². The van der Waals surface area contributed by atoms with Crippen molar-refractivity contribution < 1.29 is 18.0 Å². The van der Waals surface area contributed by atoms with E-state index in [-0.39, 0.29) is 42.0 Å². The molecule has 0 bridgehead atoms. The van der Waals surface area contributed by atoms with Gasteiger partial charge in [0.15, 0.2) is 11.7 Å². The third-order valence-electron chi connectivity index (χ3n) is 5.07. The molecule has 1 aliphatic rings. The Morgan fingerprint density at radius 2 is 2.00 bits per heavy atom. The minimum atomic E-state index is -0.699. The zero-order chi connectivity index (χ0) is 19.2. The van der Waals surface area contributed by atoms with Crippen molar-refractivity contribution in [1.29, 1.82) is 0 Å². The molecule has 2 heterocycles. The average molecular weight is 450 g/mol. The third kappa shape index (κ3) is 6.94. The van der Waals surface area contributed by atoms with Gasteiger partial charge in [0.05, 0.1) is 11.8 Å². The SMILES string of the molecule is CNCCC1CCN(C(=O)CCc2ncc(-c3ccc(F)cc3F)o2)CC1.Cl.Cl. The Labute approximate surface area is 182 Å². The number of carbonyl (C=O) groups is 1. The molecule has 1 fully saturated rings. The number of hydrogen-bond acceptors (Lipinski definition) is 4. The monoisotopic (exact) mass is 449 g/mol. The molecule has 9 heteroatoms. The Bertz CT molecular complexity index is 781. The van der Waals surface area contributed by atoms with Crippen molar-refractivity contribution in [1.82, 2.24) is 15.2 Å². The van der Waals surface area contributed by atoms with Crippen LogP contribution >= 0.6 is 24.8 Å². The number of piperidine rings is 1. The molecule has 162 valence electrons. The van der Waals surface area contributed by atoms with E-state index in [9.17, 15) is 13.6 Å². The maximum absolute atomic E-state index is 13.8. The van der Waals surface area contributed by atoms with Crippen LogP contribution < -0.4 is 5.32 Å². The summed E-state index contributed by atoms with van der Waals surface area (Å²) < 4.78 is 32.4. The number of amides is 1. The molecule has 1 N–H and O–H groups in total. The molecule has 0 aliphatic carbocycles. The topological polar surface area (TPSA) is 58.4 Å². The first kappa shape index (κ1) is 25.3. The van der Waals surface area contributed by atoms with Crippen molar-refractivity contribution in [3.8, 4) is 11.3 Å². The average Bonchev–Trinajstić information content (AvgIpc) is 3.13. The number of aryl methyl sites for hydroxylation is 1. The van der Waals surface area contributed by atoms with Crippen LogP contribution in [-0.4, -0.2) is 42.5 Å². The molecule has 3 rings (SSSR count). The van der Waals surface area contributed by atoms with Gasteiger partial charge in [-0.25, -0.2) is 13.8 Å². The first-order valence-electron chi connectivity index (χ1n) is 9.39. The maximum atomic E-state index is 13.8. The summed E-state index contributed by atoms with van der Waals surface area (Å²) in [6, 6.07) is 3.30. The summed E-state index contributed by atoms with van der Waals surface area (Å²) in [4.78, 5) is 18.4. The number of aromatic nitrogens is 1. The van der Waals surface area contributed by atoms with Crippen molar-refractivity contribution >= 4 is 30.7 Å². The van der Waals surface area contributed by atoms with E-state index in [4.69, 9.17) is 4.42 Å². The van der Waals surface area contributed by atoms with E-state index in [1.165, 1.54) is 18.3 Å². The first-order valence-corrected chi connectivity index (χ1v) is 9.39. The van der Waals surface area contributed by atoms with Crippen molar-refractivity contribution in [2.75, 3.05) is 26.7 Å². The van der Waals surface area contributed by atoms with Crippen LogP contribution in [-0.2, 0) is 11.2 Å². The fourth-order valence-corrected chi connectivity index (χ4v) is 3.43. The third-order valence-corrected chi connectivity index (χ3v) is 5.07. The van der Waals surface area contributed by atoms with E-state index < -0.39 is 11.6 Å². The second-order valence-electron chi connectivity index (χ2n) is 6.96. The molecule has 0 unspecified atom stereocenters. The molecule has 5 nitrogen and oxygen atoms in total. The number of nitrogens with zero attached hydrogens (tertiary/aromatic N) is 2. The van der Waals surface area contributed by atoms with Crippen LogP contribution in [0.4, 0.5) is 8.78 Å². The smallest absolute Gasteiger partial charge is 0.223 e. The van der Waals surface area contributed by atoms with Crippen molar-refractivity contribution in [3.63, 3.8) is 0 Å².